The molecular formula is C13H21N3O3S. The number of hydrogen-bond donors (Lipinski definition) is 2. The molecule has 0 saturated heterocycles. The Morgan fingerprint density at radius 1 is 1.40 bits per heavy atom. The first-order valence-electron chi connectivity index (χ1n) is 6.35. The fourth-order valence-corrected chi connectivity index (χ4v) is 2.87. The maximum Gasteiger partial charge on any atom is 0.241 e. The summed E-state index contributed by atoms with van der Waals surface area (Å²) in [6.07, 6.45) is 0. The van der Waals surface area contributed by atoms with E-state index in [2.05, 4.69) is 4.72 Å². The van der Waals surface area contributed by atoms with Gasteiger partial charge in [-0.2, -0.15) is 0 Å². The molecule has 3 N–H and O–H groups in total. The highest BCUT2D eigenvalue weighted by molar-refractivity contribution is 7.89. The summed E-state index contributed by atoms with van der Waals surface area (Å²) in [5.41, 5.74) is 6.86. The van der Waals surface area contributed by atoms with Crippen LogP contribution in [0.5, 0.6) is 0 Å². The molecule has 0 spiro atoms. The number of nitrogens with two attached hydrogens (primary N) is 1. The maximum atomic E-state index is 12.2. The number of carbonyl (C=O) groups excluding carboxylic acids is 1. The Labute approximate surface area is 120 Å². The summed E-state index contributed by atoms with van der Waals surface area (Å²) in [6.45, 7) is 4.07. The maximum absolute atomic E-state index is 12.2. The summed E-state index contributed by atoms with van der Waals surface area (Å²) >= 11 is 0. The van der Waals surface area contributed by atoms with Crippen LogP contribution in [0, 0.1) is 6.92 Å². The summed E-state index contributed by atoms with van der Waals surface area (Å²) in [7, 11) is -2.09. The molecule has 0 radical (unpaired) electrons. The SMILES string of the molecule is CCN(C)C(=O)CNS(=O)(=O)c1cc(CN)ccc1C. The van der Waals surface area contributed by atoms with E-state index in [1.54, 1.807) is 26.1 Å². The zero-order valence-corrected chi connectivity index (χ0v) is 12.8. The van der Waals surface area contributed by atoms with Crippen molar-refractivity contribution >= 4 is 15.9 Å². The van der Waals surface area contributed by atoms with Crippen LogP contribution in [0.25, 0.3) is 0 Å². The summed E-state index contributed by atoms with van der Waals surface area (Å²) in [4.78, 5) is 13.2. The Hall–Kier alpha value is -1.44. The van der Waals surface area contributed by atoms with Gasteiger partial charge >= 0.3 is 0 Å². The van der Waals surface area contributed by atoms with Crippen molar-refractivity contribution < 1.29 is 13.2 Å². The van der Waals surface area contributed by atoms with Crippen LogP contribution < -0.4 is 10.5 Å². The number of rotatable bonds is 6. The molecule has 112 valence electrons. The molecule has 0 saturated carbocycles. The van der Waals surface area contributed by atoms with Crippen molar-refractivity contribution in [2.45, 2.75) is 25.3 Å². The van der Waals surface area contributed by atoms with E-state index < -0.39 is 10.0 Å². The number of benzene rings is 1. The second kappa shape index (κ2) is 6.83. The van der Waals surface area contributed by atoms with Crippen LogP contribution in [-0.4, -0.2) is 39.4 Å². The van der Waals surface area contributed by atoms with E-state index >= 15 is 0 Å². The number of likely N-dealkylation sites (N-methyl/N-ethyl adjacent to an activating group) is 1. The van der Waals surface area contributed by atoms with Crippen LogP contribution >= 0.6 is 0 Å². The lowest BCUT2D eigenvalue weighted by Crippen LogP contribution is -2.38. The lowest BCUT2D eigenvalue weighted by molar-refractivity contribution is -0.128. The first-order chi connectivity index (χ1) is 9.31. The van der Waals surface area contributed by atoms with Gasteiger partial charge in [-0.1, -0.05) is 12.1 Å². The lowest BCUT2D eigenvalue weighted by atomic mass is 10.1. The Kier molecular flexibility index (Phi) is 5.67. The molecule has 1 aromatic rings. The molecule has 1 rings (SSSR count). The zero-order valence-electron chi connectivity index (χ0n) is 12.0. The molecule has 0 bridgehead atoms. The molecule has 0 aliphatic rings. The van der Waals surface area contributed by atoms with Gasteiger partial charge in [-0.05, 0) is 31.0 Å². The minimum atomic E-state index is -3.71. The smallest absolute Gasteiger partial charge is 0.241 e. The van der Waals surface area contributed by atoms with Gasteiger partial charge in [0.1, 0.15) is 0 Å². The molecule has 6 nitrogen and oxygen atoms in total. The van der Waals surface area contributed by atoms with Crippen molar-refractivity contribution in [1.82, 2.24) is 9.62 Å². The molecule has 0 unspecified atom stereocenters. The summed E-state index contributed by atoms with van der Waals surface area (Å²) in [6, 6.07) is 5.02. The van der Waals surface area contributed by atoms with Crippen molar-refractivity contribution in [3.63, 3.8) is 0 Å². The van der Waals surface area contributed by atoms with Crippen LogP contribution in [-0.2, 0) is 21.4 Å². The van der Waals surface area contributed by atoms with Gasteiger partial charge < -0.3 is 10.6 Å². The molecule has 0 aromatic heterocycles. The molecule has 0 atom stereocenters. The van der Waals surface area contributed by atoms with Gasteiger partial charge in [0.2, 0.25) is 15.9 Å². The number of aryl methyl sites for hydroxylation is 1. The van der Waals surface area contributed by atoms with Crippen LogP contribution in [0.15, 0.2) is 23.1 Å². The third-order valence-corrected chi connectivity index (χ3v) is 4.63. The fraction of sp³-hybridized carbons (Fsp3) is 0.462. The van der Waals surface area contributed by atoms with E-state index in [-0.39, 0.29) is 23.9 Å². The summed E-state index contributed by atoms with van der Waals surface area (Å²) < 4.78 is 26.8. The zero-order chi connectivity index (χ0) is 15.3. The molecule has 20 heavy (non-hydrogen) atoms. The number of nitrogens with zero attached hydrogens (tertiary/aromatic N) is 1. The number of carbonyl (C=O) groups is 1. The first-order valence-corrected chi connectivity index (χ1v) is 7.83. The molecule has 0 aliphatic heterocycles. The van der Waals surface area contributed by atoms with Crippen LogP contribution in [0.4, 0.5) is 0 Å². The van der Waals surface area contributed by atoms with Gasteiger partial charge in [0, 0.05) is 20.1 Å². The number of amides is 1. The molecule has 0 fully saturated rings. The topological polar surface area (TPSA) is 92.5 Å². The highest BCUT2D eigenvalue weighted by Crippen LogP contribution is 2.16. The van der Waals surface area contributed by atoms with Crippen molar-refractivity contribution in [3.05, 3.63) is 29.3 Å². The molecule has 0 heterocycles. The van der Waals surface area contributed by atoms with E-state index in [1.807, 2.05) is 6.92 Å². The van der Waals surface area contributed by atoms with E-state index in [0.29, 0.717) is 12.1 Å². The quantitative estimate of drug-likeness (QED) is 0.785. The van der Waals surface area contributed by atoms with Gasteiger partial charge in [-0.15, -0.1) is 0 Å². The minimum absolute atomic E-state index is 0.160. The molecule has 0 aliphatic carbocycles. The normalized spacial score (nSPS) is 11.4. The first kappa shape index (κ1) is 16.6. The average molecular weight is 299 g/mol. The summed E-state index contributed by atoms with van der Waals surface area (Å²) in [5.74, 6) is -0.274. The Balaban J connectivity index is 2.92. The molecule has 7 heteroatoms. The van der Waals surface area contributed by atoms with Crippen LogP contribution in [0.2, 0.25) is 0 Å². The van der Waals surface area contributed by atoms with E-state index in [0.717, 1.165) is 5.56 Å². The standard InChI is InChI=1S/C13H21N3O3S/c1-4-16(3)13(17)9-15-20(18,19)12-7-11(8-14)6-5-10(12)2/h5-7,15H,4,8-9,14H2,1-3H3. The van der Waals surface area contributed by atoms with Gasteiger partial charge in [0.05, 0.1) is 11.4 Å². The largest absolute Gasteiger partial charge is 0.345 e. The lowest BCUT2D eigenvalue weighted by Gasteiger charge is -2.15. The van der Waals surface area contributed by atoms with Crippen molar-refractivity contribution in [2.24, 2.45) is 5.73 Å². The monoisotopic (exact) mass is 299 g/mol. The molecular weight excluding hydrogens is 278 g/mol. The Morgan fingerprint density at radius 3 is 2.60 bits per heavy atom. The average Bonchev–Trinajstić information content (AvgIpc) is 2.44. The summed E-state index contributed by atoms with van der Waals surface area (Å²) in [5, 5.41) is 0. The second-order valence-corrected chi connectivity index (χ2v) is 6.27. The van der Waals surface area contributed by atoms with Gasteiger partial charge in [-0.3, -0.25) is 4.79 Å². The van der Waals surface area contributed by atoms with E-state index in [1.165, 1.54) is 11.0 Å². The van der Waals surface area contributed by atoms with Crippen molar-refractivity contribution in [3.8, 4) is 0 Å². The predicted molar refractivity (Wildman–Crippen MR) is 77.6 cm³/mol. The number of sulfonamides is 1. The predicted octanol–water partition coefficient (Wildman–Crippen LogP) is 0.210. The van der Waals surface area contributed by atoms with E-state index in [9.17, 15) is 13.2 Å². The van der Waals surface area contributed by atoms with Gasteiger partial charge in [-0.25, -0.2) is 13.1 Å². The van der Waals surface area contributed by atoms with Crippen molar-refractivity contribution in [2.75, 3.05) is 20.1 Å². The van der Waals surface area contributed by atoms with Gasteiger partial charge in [0.15, 0.2) is 0 Å². The molecule has 1 aromatic carbocycles. The van der Waals surface area contributed by atoms with Gasteiger partial charge in [0.25, 0.3) is 0 Å². The number of hydrogen-bond acceptors (Lipinski definition) is 4. The van der Waals surface area contributed by atoms with E-state index in [4.69, 9.17) is 5.73 Å². The highest BCUT2D eigenvalue weighted by Gasteiger charge is 2.19. The molecule has 1 amide bonds. The highest BCUT2D eigenvalue weighted by atomic mass is 32.2. The van der Waals surface area contributed by atoms with Crippen molar-refractivity contribution in [1.29, 1.82) is 0 Å². The third kappa shape index (κ3) is 4.03. The fourth-order valence-electron chi connectivity index (χ4n) is 1.61. The second-order valence-electron chi connectivity index (χ2n) is 4.54. The minimum Gasteiger partial charge on any atom is -0.345 e. The van der Waals surface area contributed by atoms with Crippen LogP contribution in [0.1, 0.15) is 18.1 Å². The Bertz CT molecular complexity index is 585. The Morgan fingerprint density at radius 2 is 2.05 bits per heavy atom. The number of nitrogens with one attached hydrogen (secondary N) is 1. The van der Waals surface area contributed by atoms with Crippen LogP contribution in [0.3, 0.4) is 0 Å². The third-order valence-electron chi connectivity index (χ3n) is 3.09.